The van der Waals surface area contributed by atoms with Crippen LogP contribution in [0.5, 0.6) is 0 Å². The van der Waals surface area contributed by atoms with E-state index in [4.69, 9.17) is 21.4 Å². The number of hydrazine groups is 1. The maximum absolute atomic E-state index is 11.9. The van der Waals surface area contributed by atoms with Gasteiger partial charge in [-0.3, -0.25) is 5.01 Å². The Morgan fingerprint density at radius 1 is 1.18 bits per heavy atom. The highest BCUT2D eigenvalue weighted by atomic mass is 32.2. The highest BCUT2D eigenvalue weighted by molar-refractivity contribution is 7.99. The van der Waals surface area contributed by atoms with Gasteiger partial charge in [0.1, 0.15) is 5.69 Å². The Labute approximate surface area is 203 Å². The maximum atomic E-state index is 11.9. The van der Waals surface area contributed by atoms with Gasteiger partial charge in [-0.25, -0.2) is 24.6 Å². The average Bonchev–Trinajstić information content (AvgIpc) is 3.53. The number of aliphatic hydroxyl groups excluding tert-OH is 1. The number of nitrogens with zero attached hydrogens (tertiary/aromatic N) is 3. The van der Waals surface area contributed by atoms with E-state index in [1.54, 1.807) is 16.8 Å². The van der Waals surface area contributed by atoms with Crippen LogP contribution in [0.25, 0.3) is 0 Å². The van der Waals surface area contributed by atoms with E-state index in [0.29, 0.717) is 35.1 Å². The van der Waals surface area contributed by atoms with Crippen molar-refractivity contribution in [1.29, 1.82) is 0 Å². The lowest BCUT2D eigenvalue weighted by Gasteiger charge is -2.27. The van der Waals surface area contributed by atoms with Gasteiger partial charge in [0.15, 0.2) is 28.4 Å². The van der Waals surface area contributed by atoms with E-state index in [1.807, 2.05) is 0 Å². The quantitative estimate of drug-likeness (QED) is 0.169. The van der Waals surface area contributed by atoms with Gasteiger partial charge in [0.2, 0.25) is 0 Å². The van der Waals surface area contributed by atoms with Crippen LogP contribution in [0.1, 0.15) is 45.4 Å². The molecule has 34 heavy (non-hydrogen) atoms. The predicted molar refractivity (Wildman–Crippen MR) is 132 cm³/mol. The number of rotatable bonds is 10. The smallest absolute Gasteiger partial charge is 0.191 e. The van der Waals surface area contributed by atoms with Gasteiger partial charge >= 0.3 is 0 Å². The van der Waals surface area contributed by atoms with Crippen LogP contribution in [-0.2, 0) is 4.74 Å². The molecule has 11 heteroatoms. The monoisotopic (exact) mass is 496 g/mol. The summed E-state index contributed by atoms with van der Waals surface area (Å²) in [6.07, 6.45) is 6.12. The zero-order chi connectivity index (χ0) is 24.5. The number of benzene rings is 1. The molecule has 2 atom stereocenters. The lowest BCUT2D eigenvalue weighted by atomic mass is 10.2. The van der Waals surface area contributed by atoms with Gasteiger partial charge in [-0.2, -0.15) is 0 Å². The number of nitrogens with one attached hydrogen (secondary N) is 1. The van der Waals surface area contributed by atoms with Crippen LogP contribution in [0.2, 0.25) is 0 Å². The van der Waals surface area contributed by atoms with Gasteiger partial charge in [-0.1, -0.05) is 30.8 Å². The third-order valence-corrected chi connectivity index (χ3v) is 6.58. The van der Waals surface area contributed by atoms with Crippen LogP contribution in [0.15, 0.2) is 29.4 Å². The van der Waals surface area contributed by atoms with Crippen molar-refractivity contribution in [2.45, 2.75) is 68.8 Å². The molecule has 1 aromatic carbocycles. The minimum Gasteiger partial charge on any atom is -0.394 e. The second-order valence-corrected chi connectivity index (χ2v) is 9.43. The number of anilines is 3. The first-order chi connectivity index (χ1) is 16.4. The van der Waals surface area contributed by atoms with Crippen molar-refractivity contribution >= 4 is 29.1 Å². The molecule has 2 aromatic rings. The van der Waals surface area contributed by atoms with Crippen LogP contribution in [-0.4, -0.2) is 52.2 Å². The summed E-state index contributed by atoms with van der Waals surface area (Å²) in [6, 6.07) is 5.62. The molecule has 4 rings (SSSR count). The number of halogens is 2. The Kier molecular flexibility index (Phi) is 10.1. The first-order valence-corrected chi connectivity index (χ1v) is 12.6. The van der Waals surface area contributed by atoms with Crippen LogP contribution < -0.4 is 21.9 Å². The molecule has 0 bridgehead atoms. The Bertz CT molecular complexity index is 900. The summed E-state index contributed by atoms with van der Waals surface area (Å²) >= 11 is 1.62. The average molecular weight is 497 g/mol. The lowest BCUT2D eigenvalue weighted by molar-refractivity contribution is 0.0322. The van der Waals surface area contributed by atoms with E-state index in [0.717, 1.165) is 56.4 Å². The molecule has 0 aliphatic heterocycles. The molecule has 2 fully saturated rings. The van der Waals surface area contributed by atoms with Gasteiger partial charge in [-0.15, -0.1) is 0 Å². The zero-order valence-corrected chi connectivity index (χ0v) is 20.2. The minimum atomic E-state index is -0.799. The SMILES string of the molecule is CCCSc1nc(NC2CC2)c(N)c(N(N)C2CCC(OCCO)C2)n1.Fc1ccccc1F. The number of aliphatic hydroxyl groups is 1. The molecule has 2 saturated carbocycles. The van der Waals surface area contributed by atoms with Gasteiger partial charge in [-0.05, 0) is 50.7 Å². The Morgan fingerprint density at radius 2 is 1.88 bits per heavy atom. The fourth-order valence-corrected chi connectivity index (χ4v) is 4.27. The molecule has 2 aliphatic carbocycles. The summed E-state index contributed by atoms with van der Waals surface area (Å²) in [5, 5.41) is 14.7. The van der Waals surface area contributed by atoms with Crippen LogP contribution in [0.3, 0.4) is 0 Å². The molecule has 0 saturated heterocycles. The van der Waals surface area contributed by atoms with E-state index in [2.05, 4.69) is 22.2 Å². The predicted octanol–water partition coefficient (Wildman–Crippen LogP) is 3.71. The van der Waals surface area contributed by atoms with Crippen molar-refractivity contribution in [2.24, 2.45) is 5.84 Å². The van der Waals surface area contributed by atoms with Gasteiger partial charge in [0, 0.05) is 17.8 Å². The molecule has 0 amide bonds. The first-order valence-electron chi connectivity index (χ1n) is 11.7. The van der Waals surface area contributed by atoms with Crippen molar-refractivity contribution in [3.05, 3.63) is 35.9 Å². The van der Waals surface area contributed by atoms with Crippen molar-refractivity contribution in [2.75, 3.05) is 35.0 Å². The standard InChI is InChI=1S/C17H30N6O2S.C6H4F2/c1-2-9-26-17-21-15(20-11-3-4-11)14(18)16(22-17)23(19)12-5-6-13(10-12)25-8-7-24;7-5-3-1-2-4-6(5)8/h11-13,24H,2-10,18-19H2,1H3,(H,20,21,22);1-4H. The lowest BCUT2D eigenvalue weighted by Crippen LogP contribution is -2.41. The molecular weight excluding hydrogens is 462 g/mol. The van der Waals surface area contributed by atoms with Crippen LogP contribution >= 0.6 is 11.8 Å². The summed E-state index contributed by atoms with van der Waals surface area (Å²) in [6.45, 7) is 2.54. The summed E-state index contributed by atoms with van der Waals surface area (Å²) in [7, 11) is 0. The molecule has 1 heterocycles. The molecule has 6 N–H and O–H groups in total. The second-order valence-electron chi connectivity index (χ2n) is 8.36. The third-order valence-electron chi connectivity index (χ3n) is 5.52. The van der Waals surface area contributed by atoms with Gasteiger partial charge < -0.3 is 20.9 Å². The fraction of sp³-hybridized carbons (Fsp3) is 0.565. The van der Waals surface area contributed by atoms with Crippen molar-refractivity contribution in [1.82, 2.24) is 9.97 Å². The number of nitrogens with two attached hydrogens (primary N) is 2. The Hall–Kier alpha value is -2.21. The van der Waals surface area contributed by atoms with E-state index >= 15 is 0 Å². The van der Waals surface area contributed by atoms with Crippen LogP contribution in [0.4, 0.5) is 26.1 Å². The number of aromatic nitrogens is 2. The van der Waals surface area contributed by atoms with Gasteiger partial charge in [0.25, 0.3) is 0 Å². The van der Waals surface area contributed by atoms with E-state index < -0.39 is 11.6 Å². The Morgan fingerprint density at radius 3 is 2.47 bits per heavy atom. The molecule has 2 aliphatic rings. The third kappa shape index (κ3) is 7.66. The molecule has 8 nitrogen and oxygen atoms in total. The molecule has 188 valence electrons. The highest BCUT2D eigenvalue weighted by Crippen LogP contribution is 2.36. The summed E-state index contributed by atoms with van der Waals surface area (Å²) in [5.74, 6) is 7.07. The number of ether oxygens (including phenoxy) is 1. The van der Waals surface area contributed by atoms with Gasteiger partial charge in [0.05, 0.1) is 19.3 Å². The number of thioether (sulfide) groups is 1. The number of nitrogen functional groups attached to an aromatic ring is 1. The topological polar surface area (TPSA) is 123 Å². The minimum absolute atomic E-state index is 0.0422. The second kappa shape index (κ2) is 13.0. The summed E-state index contributed by atoms with van der Waals surface area (Å²) in [5.41, 5.74) is 6.87. The van der Waals surface area contributed by atoms with Crippen LogP contribution in [0, 0.1) is 11.6 Å². The molecule has 1 aromatic heterocycles. The fourth-order valence-electron chi connectivity index (χ4n) is 3.58. The number of hydrogen-bond acceptors (Lipinski definition) is 9. The van der Waals surface area contributed by atoms with Crippen molar-refractivity contribution < 1.29 is 18.6 Å². The largest absolute Gasteiger partial charge is 0.394 e. The maximum Gasteiger partial charge on any atom is 0.191 e. The van der Waals surface area contributed by atoms with E-state index in [-0.39, 0.29) is 18.8 Å². The molecule has 0 radical (unpaired) electrons. The zero-order valence-electron chi connectivity index (χ0n) is 19.4. The normalized spacial score (nSPS) is 19.4. The summed E-state index contributed by atoms with van der Waals surface area (Å²) < 4.78 is 29.5. The highest BCUT2D eigenvalue weighted by Gasteiger charge is 2.32. The summed E-state index contributed by atoms with van der Waals surface area (Å²) in [4.78, 5) is 9.23. The molecule has 2 unspecified atom stereocenters. The van der Waals surface area contributed by atoms with Crippen molar-refractivity contribution in [3.63, 3.8) is 0 Å². The molecule has 0 spiro atoms. The Balaban J connectivity index is 0.000000343. The van der Waals surface area contributed by atoms with E-state index in [9.17, 15) is 8.78 Å². The molecular formula is C23H34F2N6O2S. The van der Waals surface area contributed by atoms with Crippen molar-refractivity contribution in [3.8, 4) is 0 Å². The number of hydrogen-bond donors (Lipinski definition) is 4. The van der Waals surface area contributed by atoms with E-state index in [1.165, 1.54) is 12.1 Å². The first kappa shape index (κ1) is 26.4.